The fraction of sp³-hybridized carbons (Fsp3) is 0.273. The molecule has 0 bridgehead atoms. The number of aromatic amines is 1. The van der Waals surface area contributed by atoms with Gasteiger partial charge in [0, 0.05) is 25.2 Å². The summed E-state index contributed by atoms with van der Waals surface area (Å²) in [6.07, 6.45) is 0. The van der Waals surface area contributed by atoms with Crippen LogP contribution < -0.4 is 5.73 Å². The highest BCUT2D eigenvalue weighted by molar-refractivity contribution is 5.99. The van der Waals surface area contributed by atoms with Crippen molar-refractivity contribution in [3.63, 3.8) is 0 Å². The monoisotopic (exact) mass is 218 g/mol. The zero-order valence-corrected chi connectivity index (χ0v) is 9.53. The van der Waals surface area contributed by atoms with Gasteiger partial charge in [-0.05, 0) is 19.1 Å². The Labute approximate surface area is 93.3 Å². The number of nitrogens with one attached hydrogen (secondary N) is 1. The van der Waals surface area contributed by atoms with Gasteiger partial charge in [-0.25, -0.2) is 4.98 Å². The van der Waals surface area contributed by atoms with Gasteiger partial charge in [0.05, 0.1) is 5.69 Å². The first-order valence-electron chi connectivity index (χ1n) is 4.96. The van der Waals surface area contributed by atoms with Crippen LogP contribution >= 0.6 is 0 Å². The lowest BCUT2D eigenvalue weighted by Crippen LogP contribution is -2.24. The first-order chi connectivity index (χ1) is 7.49. The maximum Gasteiger partial charge on any atom is 0.274 e. The summed E-state index contributed by atoms with van der Waals surface area (Å²) in [7, 11) is 3.35. The van der Waals surface area contributed by atoms with Crippen molar-refractivity contribution in [3.05, 3.63) is 23.5 Å². The van der Waals surface area contributed by atoms with Crippen molar-refractivity contribution in [2.75, 3.05) is 19.8 Å². The molecule has 0 aliphatic carbocycles. The van der Waals surface area contributed by atoms with Crippen molar-refractivity contribution in [1.82, 2.24) is 14.9 Å². The number of amides is 1. The van der Waals surface area contributed by atoms with Crippen LogP contribution in [0.4, 0.5) is 5.69 Å². The maximum atomic E-state index is 11.8. The van der Waals surface area contributed by atoms with Crippen LogP contribution in [0.15, 0.2) is 12.1 Å². The third-order valence-electron chi connectivity index (χ3n) is 2.38. The highest BCUT2D eigenvalue weighted by Crippen LogP contribution is 2.19. The van der Waals surface area contributed by atoms with Gasteiger partial charge in [0.25, 0.3) is 5.91 Å². The van der Waals surface area contributed by atoms with Crippen molar-refractivity contribution in [1.29, 1.82) is 0 Å². The van der Waals surface area contributed by atoms with E-state index < -0.39 is 0 Å². The number of nitrogen functional groups attached to an aromatic ring is 1. The van der Waals surface area contributed by atoms with Crippen molar-refractivity contribution in [2.24, 2.45) is 0 Å². The van der Waals surface area contributed by atoms with Crippen LogP contribution in [0.2, 0.25) is 0 Å². The SMILES string of the molecule is Cc1cc2cc(N)c(C(=O)N(C)C)nc2[nH]1. The maximum absolute atomic E-state index is 11.8. The highest BCUT2D eigenvalue weighted by Gasteiger charge is 2.15. The lowest BCUT2D eigenvalue weighted by atomic mass is 10.2. The lowest BCUT2D eigenvalue weighted by Gasteiger charge is -2.11. The van der Waals surface area contributed by atoms with Gasteiger partial charge in [-0.15, -0.1) is 0 Å². The number of aromatic nitrogens is 2. The molecule has 0 aliphatic rings. The largest absolute Gasteiger partial charge is 0.397 e. The summed E-state index contributed by atoms with van der Waals surface area (Å²) in [4.78, 5) is 20.6. The van der Waals surface area contributed by atoms with Crippen molar-refractivity contribution < 1.29 is 4.79 Å². The first-order valence-corrected chi connectivity index (χ1v) is 4.96. The standard InChI is InChI=1S/C11H14N4O/c1-6-4-7-5-8(12)9(11(16)15(2)3)14-10(7)13-6/h4-5H,12H2,1-3H3,(H,13,14). The molecule has 2 rings (SSSR count). The van der Waals surface area contributed by atoms with Gasteiger partial charge in [-0.1, -0.05) is 0 Å². The van der Waals surface area contributed by atoms with E-state index >= 15 is 0 Å². The Morgan fingerprint density at radius 1 is 1.44 bits per heavy atom. The highest BCUT2D eigenvalue weighted by atomic mass is 16.2. The number of aryl methyl sites for hydroxylation is 1. The van der Waals surface area contributed by atoms with Crippen molar-refractivity contribution >= 4 is 22.6 Å². The molecule has 0 fully saturated rings. The van der Waals surface area contributed by atoms with Crippen LogP contribution in [0.3, 0.4) is 0 Å². The Morgan fingerprint density at radius 3 is 2.75 bits per heavy atom. The van der Waals surface area contributed by atoms with Crippen LogP contribution in [-0.2, 0) is 0 Å². The number of pyridine rings is 1. The molecule has 0 saturated heterocycles. The summed E-state index contributed by atoms with van der Waals surface area (Å²) < 4.78 is 0. The molecule has 2 aromatic heterocycles. The minimum Gasteiger partial charge on any atom is -0.397 e. The number of H-pyrrole nitrogens is 1. The Morgan fingerprint density at radius 2 is 2.12 bits per heavy atom. The first kappa shape index (κ1) is 10.5. The second-order valence-corrected chi connectivity index (χ2v) is 4.02. The average molecular weight is 218 g/mol. The van der Waals surface area contributed by atoms with Crippen LogP contribution in [0.5, 0.6) is 0 Å². The molecule has 0 unspecified atom stereocenters. The number of nitrogens with two attached hydrogens (primary N) is 1. The van der Waals surface area contributed by atoms with Crippen LogP contribution in [-0.4, -0.2) is 34.9 Å². The zero-order chi connectivity index (χ0) is 11.9. The molecule has 0 spiro atoms. The second-order valence-electron chi connectivity index (χ2n) is 4.02. The van der Waals surface area contributed by atoms with E-state index in [1.807, 2.05) is 13.0 Å². The van der Waals surface area contributed by atoms with Gasteiger partial charge in [0.15, 0.2) is 5.69 Å². The summed E-state index contributed by atoms with van der Waals surface area (Å²) in [5.41, 5.74) is 8.20. The summed E-state index contributed by atoms with van der Waals surface area (Å²) in [6, 6.07) is 3.71. The predicted molar refractivity (Wildman–Crippen MR) is 63.3 cm³/mol. The molecule has 5 heteroatoms. The topological polar surface area (TPSA) is 75.0 Å². The fourth-order valence-electron chi connectivity index (χ4n) is 1.59. The molecule has 0 saturated carbocycles. The molecule has 0 aromatic carbocycles. The normalized spacial score (nSPS) is 10.7. The third kappa shape index (κ3) is 1.60. The van der Waals surface area contributed by atoms with E-state index in [1.165, 1.54) is 4.90 Å². The van der Waals surface area contributed by atoms with Crippen LogP contribution in [0.25, 0.3) is 11.0 Å². The van der Waals surface area contributed by atoms with Gasteiger partial charge in [-0.2, -0.15) is 0 Å². The molecule has 2 aromatic rings. The van der Waals surface area contributed by atoms with Crippen LogP contribution in [0, 0.1) is 6.92 Å². The van der Waals surface area contributed by atoms with E-state index in [0.29, 0.717) is 17.0 Å². The van der Waals surface area contributed by atoms with E-state index in [2.05, 4.69) is 9.97 Å². The summed E-state index contributed by atoms with van der Waals surface area (Å²) in [5, 5.41) is 0.922. The summed E-state index contributed by atoms with van der Waals surface area (Å²) in [5.74, 6) is -0.188. The molecule has 5 nitrogen and oxygen atoms in total. The predicted octanol–water partition coefficient (Wildman–Crippen LogP) is 1.16. The molecule has 0 atom stereocenters. The molecule has 3 N–H and O–H groups in total. The van der Waals surface area contributed by atoms with E-state index in [9.17, 15) is 4.79 Å². The smallest absolute Gasteiger partial charge is 0.274 e. The molecule has 1 amide bonds. The number of hydrogen-bond acceptors (Lipinski definition) is 3. The second kappa shape index (κ2) is 3.52. The summed E-state index contributed by atoms with van der Waals surface area (Å²) in [6.45, 7) is 1.94. The third-order valence-corrected chi connectivity index (χ3v) is 2.38. The van der Waals surface area contributed by atoms with Crippen molar-refractivity contribution in [3.8, 4) is 0 Å². The fourth-order valence-corrected chi connectivity index (χ4v) is 1.59. The molecule has 2 heterocycles. The van der Waals surface area contributed by atoms with Crippen LogP contribution in [0.1, 0.15) is 16.2 Å². The molecule has 84 valence electrons. The molecular formula is C11H14N4O. The minimum atomic E-state index is -0.188. The van der Waals surface area contributed by atoms with Gasteiger partial charge < -0.3 is 15.6 Å². The molecule has 0 radical (unpaired) electrons. The van der Waals surface area contributed by atoms with Crippen molar-refractivity contribution in [2.45, 2.75) is 6.92 Å². The Bertz CT molecular complexity index is 556. The quantitative estimate of drug-likeness (QED) is 0.754. The Balaban J connectivity index is 2.62. The Kier molecular flexibility index (Phi) is 2.30. The number of nitrogens with zero attached hydrogens (tertiary/aromatic N) is 2. The lowest BCUT2D eigenvalue weighted by molar-refractivity contribution is 0.0823. The molecular weight excluding hydrogens is 204 g/mol. The van der Waals surface area contributed by atoms with E-state index in [-0.39, 0.29) is 5.91 Å². The zero-order valence-electron chi connectivity index (χ0n) is 9.53. The van der Waals surface area contributed by atoms with E-state index in [4.69, 9.17) is 5.73 Å². The van der Waals surface area contributed by atoms with Gasteiger partial charge >= 0.3 is 0 Å². The number of fused-ring (bicyclic) bond motifs is 1. The number of carbonyl (C=O) groups is 1. The number of hydrogen-bond donors (Lipinski definition) is 2. The Hall–Kier alpha value is -2.04. The van der Waals surface area contributed by atoms with E-state index in [0.717, 1.165) is 11.1 Å². The van der Waals surface area contributed by atoms with Gasteiger partial charge in [0.2, 0.25) is 0 Å². The molecule has 0 aliphatic heterocycles. The van der Waals surface area contributed by atoms with Gasteiger partial charge in [-0.3, -0.25) is 4.79 Å². The molecule has 16 heavy (non-hydrogen) atoms. The number of anilines is 1. The minimum absolute atomic E-state index is 0.188. The van der Waals surface area contributed by atoms with Gasteiger partial charge in [0.1, 0.15) is 5.65 Å². The summed E-state index contributed by atoms with van der Waals surface area (Å²) >= 11 is 0. The van der Waals surface area contributed by atoms with E-state index in [1.54, 1.807) is 20.2 Å². The average Bonchev–Trinajstić information content (AvgIpc) is 2.54. The number of carbonyl (C=O) groups excluding carboxylic acids is 1. The number of rotatable bonds is 1.